The maximum Gasteiger partial charge on any atom is 0.246 e. The van der Waals surface area contributed by atoms with Gasteiger partial charge in [-0.3, -0.25) is 4.79 Å². The normalized spacial score (nSPS) is 10.5. The van der Waals surface area contributed by atoms with E-state index in [1.807, 2.05) is 12.1 Å². The fraction of sp³-hybridized carbons (Fsp3) is 0.0667. The number of benzene rings is 1. The lowest BCUT2D eigenvalue weighted by molar-refractivity contribution is 0.0926. The minimum atomic E-state index is -0.193. The number of para-hydroxylation sites is 1. The lowest BCUT2D eigenvalue weighted by atomic mass is 10.2. The first-order valence-corrected chi connectivity index (χ1v) is 7.21. The molecule has 3 aromatic rings. The first-order valence-electron chi connectivity index (χ1n) is 6.02. The third-order valence-corrected chi connectivity index (χ3v) is 4.12. The molecule has 0 saturated carbocycles. The Labute approximate surface area is 129 Å². The number of thiophene rings is 1. The lowest BCUT2D eigenvalue weighted by Crippen LogP contribution is -2.10. The van der Waals surface area contributed by atoms with Gasteiger partial charge in [0.05, 0.1) is 14.6 Å². The van der Waals surface area contributed by atoms with Gasteiger partial charge in [0, 0.05) is 0 Å². The molecule has 3 rings (SSSR count). The number of ether oxygens (including phenoxy) is 1. The highest BCUT2D eigenvalue weighted by atomic mass is 35.5. The molecular formula is C15H8ClNO3S. The zero-order valence-electron chi connectivity index (χ0n) is 10.6. The predicted octanol–water partition coefficient (Wildman–Crippen LogP) is 4.28. The third-order valence-electron chi connectivity index (χ3n) is 2.85. The molecular weight excluding hydrogens is 310 g/mol. The van der Waals surface area contributed by atoms with Crippen LogP contribution in [0.3, 0.4) is 0 Å². The number of hydrogen-bond donors (Lipinski definition) is 0. The first-order chi connectivity index (χ1) is 10.2. The summed E-state index contributed by atoms with van der Waals surface area (Å²) in [5.41, 5.74) is 0.552. The number of furan rings is 1. The van der Waals surface area contributed by atoms with E-state index in [1.165, 1.54) is 11.3 Å². The molecule has 0 N–H and O–H groups in total. The van der Waals surface area contributed by atoms with Crippen molar-refractivity contribution in [3.8, 4) is 11.8 Å². The van der Waals surface area contributed by atoms with E-state index in [2.05, 4.69) is 0 Å². The molecule has 0 spiro atoms. The van der Waals surface area contributed by atoms with Crippen LogP contribution in [0.25, 0.3) is 11.0 Å². The Hall–Kier alpha value is -2.29. The summed E-state index contributed by atoms with van der Waals surface area (Å²) in [5.74, 6) is 0.165. The number of carbonyl (C=O) groups is 1. The molecule has 0 bridgehead atoms. The number of nitrogens with zero attached hydrogens (tertiary/aromatic N) is 1. The molecule has 0 atom stereocenters. The molecule has 0 aliphatic carbocycles. The molecule has 2 heterocycles. The Morgan fingerprint density at radius 1 is 1.33 bits per heavy atom. The maximum absolute atomic E-state index is 12.0. The summed E-state index contributed by atoms with van der Waals surface area (Å²) >= 11 is 6.99. The second-order valence-electron chi connectivity index (χ2n) is 4.18. The van der Waals surface area contributed by atoms with E-state index in [9.17, 15) is 4.79 Å². The van der Waals surface area contributed by atoms with Crippen LogP contribution in [0.15, 0.2) is 40.8 Å². The number of nitriles is 1. The van der Waals surface area contributed by atoms with Crippen molar-refractivity contribution in [1.82, 2.24) is 0 Å². The fourth-order valence-electron chi connectivity index (χ4n) is 1.91. The average molecular weight is 318 g/mol. The average Bonchev–Trinajstić information content (AvgIpc) is 3.08. The number of fused-ring (bicyclic) bond motifs is 1. The zero-order valence-corrected chi connectivity index (χ0v) is 12.2. The smallest absolute Gasteiger partial charge is 0.246 e. The van der Waals surface area contributed by atoms with Gasteiger partial charge in [0.25, 0.3) is 0 Å². The molecule has 104 valence electrons. The number of rotatable bonds is 4. The van der Waals surface area contributed by atoms with E-state index in [0.717, 1.165) is 0 Å². The minimum Gasteiger partial charge on any atom is -0.480 e. The molecule has 0 saturated heterocycles. The lowest BCUT2D eigenvalue weighted by Gasteiger charge is -2.02. The molecule has 4 nitrogen and oxygen atoms in total. The van der Waals surface area contributed by atoms with Crippen LogP contribution < -0.4 is 4.74 Å². The summed E-state index contributed by atoms with van der Waals surface area (Å²) < 4.78 is 11.4. The van der Waals surface area contributed by atoms with Gasteiger partial charge in [0.15, 0.2) is 12.4 Å². The Morgan fingerprint density at radius 3 is 2.86 bits per heavy atom. The number of halogens is 1. The van der Waals surface area contributed by atoms with Crippen LogP contribution in [0.1, 0.15) is 15.4 Å². The van der Waals surface area contributed by atoms with Crippen molar-refractivity contribution in [2.24, 2.45) is 0 Å². The summed E-state index contributed by atoms with van der Waals surface area (Å²) in [6, 6.07) is 12.4. The van der Waals surface area contributed by atoms with E-state index in [-0.39, 0.29) is 18.2 Å². The monoisotopic (exact) mass is 317 g/mol. The van der Waals surface area contributed by atoms with Crippen molar-refractivity contribution in [2.75, 3.05) is 6.61 Å². The molecule has 0 aliphatic heterocycles. The summed E-state index contributed by atoms with van der Waals surface area (Å²) in [4.78, 5) is 12.5. The van der Waals surface area contributed by atoms with Crippen molar-refractivity contribution >= 4 is 39.7 Å². The topological polar surface area (TPSA) is 63.2 Å². The molecule has 0 radical (unpaired) electrons. The van der Waals surface area contributed by atoms with Crippen molar-refractivity contribution in [1.29, 1.82) is 5.26 Å². The number of ketones is 1. The van der Waals surface area contributed by atoms with Crippen LogP contribution in [0, 0.1) is 11.3 Å². The number of Topliss-reactive ketones (excluding diaryl/α,β-unsaturated/α-hetero) is 1. The van der Waals surface area contributed by atoms with Gasteiger partial charge in [-0.1, -0.05) is 23.7 Å². The first kappa shape index (κ1) is 13.7. The molecule has 2 aromatic heterocycles. The highest BCUT2D eigenvalue weighted by Gasteiger charge is 2.17. The Bertz CT molecular complexity index is 859. The van der Waals surface area contributed by atoms with Gasteiger partial charge in [-0.25, -0.2) is 0 Å². The molecule has 1 aromatic carbocycles. The van der Waals surface area contributed by atoms with Crippen molar-refractivity contribution in [3.63, 3.8) is 0 Å². The van der Waals surface area contributed by atoms with Crippen LogP contribution in [0.5, 0.6) is 5.75 Å². The highest BCUT2D eigenvalue weighted by molar-refractivity contribution is 7.18. The van der Waals surface area contributed by atoms with E-state index >= 15 is 0 Å². The Kier molecular flexibility index (Phi) is 3.65. The second-order valence-corrected chi connectivity index (χ2v) is 5.90. The van der Waals surface area contributed by atoms with Gasteiger partial charge in [-0.2, -0.15) is 5.26 Å². The molecule has 21 heavy (non-hydrogen) atoms. The van der Waals surface area contributed by atoms with E-state index in [0.29, 0.717) is 25.9 Å². The fourth-order valence-corrected chi connectivity index (χ4v) is 2.88. The molecule has 0 aliphatic rings. The van der Waals surface area contributed by atoms with Crippen LogP contribution >= 0.6 is 22.9 Å². The summed E-state index contributed by atoms with van der Waals surface area (Å²) in [5, 5.41) is 9.75. The van der Waals surface area contributed by atoms with Crippen LogP contribution in [0.2, 0.25) is 4.34 Å². The van der Waals surface area contributed by atoms with E-state index in [4.69, 9.17) is 26.0 Å². The van der Waals surface area contributed by atoms with Crippen molar-refractivity contribution in [2.45, 2.75) is 0 Å². The van der Waals surface area contributed by atoms with Gasteiger partial charge in [-0.05, 0) is 24.3 Å². The van der Waals surface area contributed by atoms with Crippen LogP contribution in [-0.4, -0.2) is 12.4 Å². The zero-order chi connectivity index (χ0) is 14.8. The Balaban J connectivity index is 1.85. The minimum absolute atomic E-state index is 0.0632. The highest BCUT2D eigenvalue weighted by Crippen LogP contribution is 2.32. The third kappa shape index (κ3) is 2.64. The van der Waals surface area contributed by atoms with E-state index < -0.39 is 0 Å². The standard InChI is InChI=1S/C15H8ClNO3S/c16-14-6-5-13(21-14)10(18)8-19-15-9-3-1-2-4-11(9)20-12(15)7-17/h1-6H,8H2. The summed E-state index contributed by atoms with van der Waals surface area (Å²) in [6.07, 6.45) is 0. The molecule has 6 heteroatoms. The van der Waals surface area contributed by atoms with Crippen LogP contribution in [0.4, 0.5) is 0 Å². The SMILES string of the molecule is N#Cc1oc2ccccc2c1OCC(=O)c1ccc(Cl)s1. The maximum atomic E-state index is 12.0. The predicted molar refractivity (Wildman–Crippen MR) is 80.1 cm³/mol. The van der Waals surface area contributed by atoms with Crippen molar-refractivity contribution < 1.29 is 13.9 Å². The van der Waals surface area contributed by atoms with E-state index in [1.54, 1.807) is 30.3 Å². The van der Waals surface area contributed by atoms with Gasteiger partial charge in [-0.15, -0.1) is 11.3 Å². The quantitative estimate of drug-likeness (QED) is 0.674. The summed E-state index contributed by atoms with van der Waals surface area (Å²) in [6.45, 7) is -0.172. The van der Waals surface area contributed by atoms with Gasteiger partial charge < -0.3 is 9.15 Å². The molecule has 0 fully saturated rings. The molecule has 0 amide bonds. The Morgan fingerprint density at radius 2 is 2.14 bits per heavy atom. The van der Waals surface area contributed by atoms with Gasteiger partial charge >= 0.3 is 0 Å². The van der Waals surface area contributed by atoms with Gasteiger partial charge in [0.2, 0.25) is 11.5 Å². The second kappa shape index (κ2) is 5.60. The largest absolute Gasteiger partial charge is 0.480 e. The van der Waals surface area contributed by atoms with Gasteiger partial charge in [0.1, 0.15) is 11.7 Å². The molecule has 0 unspecified atom stereocenters. The number of hydrogen-bond acceptors (Lipinski definition) is 5. The van der Waals surface area contributed by atoms with Crippen molar-refractivity contribution in [3.05, 3.63) is 51.4 Å². The summed E-state index contributed by atoms with van der Waals surface area (Å²) in [7, 11) is 0. The van der Waals surface area contributed by atoms with Crippen LogP contribution in [-0.2, 0) is 0 Å². The number of carbonyl (C=O) groups excluding carboxylic acids is 1.